The van der Waals surface area contributed by atoms with Crippen molar-refractivity contribution in [1.82, 2.24) is 9.66 Å². The van der Waals surface area contributed by atoms with Crippen LogP contribution in [-0.4, -0.2) is 45.2 Å². The van der Waals surface area contributed by atoms with Crippen molar-refractivity contribution in [2.75, 3.05) is 18.0 Å². The summed E-state index contributed by atoms with van der Waals surface area (Å²) in [6.45, 7) is 10.4. The number of hydrogen-bond donors (Lipinski definition) is 1. The van der Waals surface area contributed by atoms with Crippen LogP contribution in [-0.2, 0) is 0 Å². The number of anilines is 1. The predicted molar refractivity (Wildman–Crippen MR) is 142 cm³/mol. The van der Waals surface area contributed by atoms with Gasteiger partial charge in [0, 0.05) is 24.3 Å². The number of carbonyl (C=O) groups is 1. The maximum atomic E-state index is 11.9. The zero-order chi connectivity index (χ0) is 24.9. The zero-order valence-electron chi connectivity index (χ0n) is 21.0. The van der Waals surface area contributed by atoms with Crippen molar-refractivity contribution in [3.63, 3.8) is 0 Å². The van der Waals surface area contributed by atoms with E-state index in [1.807, 2.05) is 32.0 Å². The van der Waals surface area contributed by atoms with Crippen LogP contribution >= 0.6 is 0 Å². The van der Waals surface area contributed by atoms with Gasteiger partial charge in [0.1, 0.15) is 11.4 Å². The lowest BCUT2D eigenvalue weighted by Gasteiger charge is -2.24. The van der Waals surface area contributed by atoms with E-state index >= 15 is 0 Å². The number of rotatable bonds is 10. The Kier molecular flexibility index (Phi) is 7.44. The number of aryl methyl sites for hydroxylation is 1. The van der Waals surface area contributed by atoms with Gasteiger partial charge in [0.25, 0.3) is 0 Å². The molecule has 0 radical (unpaired) electrons. The summed E-state index contributed by atoms with van der Waals surface area (Å²) in [6, 6.07) is 15.2. The largest absolute Gasteiger partial charge is 0.478 e. The van der Waals surface area contributed by atoms with Gasteiger partial charge in [-0.25, -0.2) is 19.4 Å². The van der Waals surface area contributed by atoms with Crippen LogP contribution in [0, 0.1) is 13.8 Å². The van der Waals surface area contributed by atoms with E-state index in [4.69, 9.17) is 15.1 Å². The van der Waals surface area contributed by atoms with Gasteiger partial charge in [-0.15, -0.1) is 0 Å². The fourth-order valence-corrected chi connectivity index (χ4v) is 4.22. The molecule has 4 rings (SSSR count). The smallest absolute Gasteiger partial charge is 0.336 e. The van der Waals surface area contributed by atoms with Crippen LogP contribution in [0.25, 0.3) is 0 Å². The Morgan fingerprint density at radius 2 is 1.66 bits per heavy atom. The van der Waals surface area contributed by atoms with Gasteiger partial charge in [0.2, 0.25) is 0 Å². The molecule has 0 spiro atoms. The summed E-state index contributed by atoms with van der Waals surface area (Å²) in [4.78, 5) is 24.0. The Hall–Kier alpha value is -3.74. The Bertz CT molecular complexity index is 1260. The molecule has 1 aliphatic heterocycles. The van der Waals surface area contributed by atoms with E-state index in [1.165, 1.54) is 18.5 Å². The Labute approximate surface area is 206 Å². The summed E-state index contributed by atoms with van der Waals surface area (Å²) in [5, 5.41) is 14.5. The van der Waals surface area contributed by atoms with Crippen molar-refractivity contribution in [2.45, 2.75) is 53.4 Å². The minimum absolute atomic E-state index is 0.192. The van der Waals surface area contributed by atoms with E-state index in [1.54, 1.807) is 22.9 Å². The monoisotopic (exact) mass is 471 g/mol. The molecule has 0 aliphatic carbocycles. The van der Waals surface area contributed by atoms with Gasteiger partial charge >= 0.3 is 5.97 Å². The fourth-order valence-electron chi connectivity index (χ4n) is 4.22. The van der Waals surface area contributed by atoms with Crippen LogP contribution in [0.3, 0.4) is 0 Å². The third-order valence-electron chi connectivity index (χ3n) is 6.38. The van der Waals surface area contributed by atoms with E-state index in [-0.39, 0.29) is 5.56 Å². The van der Waals surface area contributed by atoms with Crippen LogP contribution in [0.4, 0.5) is 11.4 Å². The first kappa shape index (κ1) is 24.4. The van der Waals surface area contributed by atoms with E-state index in [2.05, 4.69) is 30.9 Å². The topological polar surface area (TPSA) is 83.1 Å². The lowest BCUT2D eigenvalue weighted by molar-refractivity contribution is 0.0696. The molecule has 0 bridgehead atoms. The quantitative estimate of drug-likeness (QED) is 0.394. The minimum Gasteiger partial charge on any atom is -0.478 e. The third kappa shape index (κ3) is 5.04. The number of benzene rings is 2. The normalized spacial score (nSPS) is 13.7. The van der Waals surface area contributed by atoms with E-state index in [9.17, 15) is 9.90 Å². The summed E-state index contributed by atoms with van der Waals surface area (Å²) in [7, 11) is 0. The molecule has 7 heteroatoms. The second-order valence-electron chi connectivity index (χ2n) is 8.89. The minimum atomic E-state index is -0.997. The lowest BCUT2D eigenvalue weighted by Crippen LogP contribution is -2.25. The van der Waals surface area contributed by atoms with Gasteiger partial charge in [-0.2, -0.15) is 5.10 Å². The number of nitrogens with zero attached hydrogens (tertiary/aromatic N) is 5. The lowest BCUT2D eigenvalue weighted by atomic mass is 10.00. The molecule has 1 N–H and O–H groups in total. The fraction of sp³-hybridized carbons (Fsp3) is 0.357. The highest BCUT2D eigenvalue weighted by Crippen LogP contribution is 2.27. The molecule has 0 atom stereocenters. The molecule has 1 aliphatic rings. The molecular weight excluding hydrogens is 438 g/mol. The van der Waals surface area contributed by atoms with Crippen molar-refractivity contribution >= 4 is 28.8 Å². The Balaban J connectivity index is 1.73. The standard InChI is InChI=1S/C28H33N5O2/c1-5-7-17-32(18-8-6-2)22-15-13-21(14-16-22)30-26-25(23-11-9-10-12-24(23)28(34)35)31-33-20(4)19(3)29-27(26)33/h9-16H,5-8,17-18H2,1-4H3,(H,34,35). The maximum absolute atomic E-state index is 11.9. The second-order valence-corrected chi connectivity index (χ2v) is 8.89. The number of unbranched alkanes of at least 4 members (excludes halogenated alkanes) is 2. The highest BCUT2D eigenvalue weighted by Gasteiger charge is 2.30. The highest BCUT2D eigenvalue weighted by molar-refractivity contribution is 6.55. The molecule has 7 nitrogen and oxygen atoms in total. The SMILES string of the molecule is CCCCN(CCCC)c1ccc(N=C2C(c3ccccc3C(=O)O)=Nn3c2nc(C)c3C)cc1. The molecule has 0 saturated heterocycles. The summed E-state index contributed by atoms with van der Waals surface area (Å²) in [5.41, 5.74) is 5.58. The molecule has 0 fully saturated rings. The van der Waals surface area contributed by atoms with E-state index in [0.717, 1.165) is 43.0 Å². The highest BCUT2D eigenvalue weighted by atomic mass is 16.4. The number of carboxylic acid groups (broad SMARTS) is 1. The molecule has 0 unspecified atom stereocenters. The zero-order valence-corrected chi connectivity index (χ0v) is 21.0. The summed E-state index contributed by atoms with van der Waals surface area (Å²) < 4.78 is 1.76. The van der Waals surface area contributed by atoms with Gasteiger partial charge < -0.3 is 10.0 Å². The van der Waals surface area contributed by atoms with E-state index < -0.39 is 5.97 Å². The second kappa shape index (κ2) is 10.7. The first-order valence-electron chi connectivity index (χ1n) is 12.4. The summed E-state index contributed by atoms with van der Waals surface area (Å²) in [5.74, 6) is -0.365. The molecule has 182 valence electrons. The average molecular weight is 472 g/mol. The molecule has 2 heterocycles. The number of imidazole rings is 1. The first-order chi connectivity index (χ1) is 16.9. The Morgan fingerprint density at radius 3 is 2.29 bits per heavy atom. The van der Waals surface area contributed by atoms with Crippen molar-refractivity contribution < 1.29 is 9.90 Å². The van der Waals surface area contributed by atoms with Gasteiger partial charge in [0.05, 0.1) is 22.6 Å². The molecule has 1 aromatic heterocycles. The molecule has 0 amide bonds. The predicted octanol–water partition coefficient (Wildman–Crippen LogP) is 5.99. The summed E-state index contributed by atoms with van der Waals surface area (Å²) in [6.07, 6.45) is 4.66. The van der Waals surface area contributed by atoms with Crippen LogP contribution in [0.2, 0.25) is 0 Å². The van der Waals surface area contributed by atoms with Crippen molar-refractivity contribution in [3.05, 3.63) is 76.9 Å². The van der Waals surface area contributed by atoms with Crippen LogP contribution in [0.5, 0.6) is 0 Å². The number of aliphatic imine (C=N–C) groups is 1. The summed E-state index contributed by atoms with van der Waals surface area (Å²) >= 11 is 0. The molecule has 0 saturated carbocycles. The van der Waals surface area contributed by atoms with E-state index in [0.29, 0.717) is 22.8 Å². The number of fused-ring (bicyclic) bond motifs is 1. The molecular formula is C28H33N5O2. The van der Waals surface area contributed by atoms with Crippen molar-refractivity contribution in [3.8, 4) is 0 Å². The average Bonchev–Trinajstić information content (AvgIpc) is 3.35. The third-order valence-corrected chi connectivity index (χ3v) is 6.38. The van der Waals surface area contributed by atoms with Crippen LogP contribution in [0.15, 0.2) is 58.6 Å². The molecule has 35 heavy (non-hydrogen) atoms. The maximum Gasteiger partial charge on any atom is 0.336 e. The molecule has 2 aromatic carbocycles. The van der Waals surface area contributed by atoms with Gasteiger partial charge in [-0.05, 0) is 57.0 Å². The number of aromatic nitrogens is 2. The number of hydrogen-bond acceptors (Lipinski definition) is 5. The van der Waals surface area contributed by atoms with Gasteiger partial charge in [-0.1, -0.05) is 44.9 Å². The van der Waals surface area contributed by atoms with Crippen LogP contribution in [0.1, 0.15) is 72.7 Å². The van der Waals surface area contributed by atoms with Gasteiger partial charge in [-0.3, -0.25) is 0 Å². The van der Waals surface area contributed by atoms with Crippen molar-refractivity contribution in [2.24, 2.45) is 10.1 Å². The number of aromatic carboxylic acids is 1. The van der Waals surface area contributed by atoms with Crippen LogP contribution < -0.4 is 4.90 Å². The van der Waals surface area contributed by atoms with Gasteiger partial charge in [0.15, 0.2) is 5.82 Å². The molecule has 3 aromatic rings. The van der Waals surface area contributed by atoms with Crippen molar-refractivity contribution in [1.29, 1.82) is 0 Å². The first-order valence-corrected chi connectivity index (χ1v) is 12.4. The number of carboxylic acids is 1. The Morgan fingerprint density at radius 1 is 1.00 bits per heavy atom.